The Morgan fingerprint density at radius 1 is 1.08 bits per heavy atom. The molecule has 122 valence electrons. The van der Waals surface area contributed by atoms with Crippen LogP contribution in [-0.4, -0.2) is 15.0 Å². The fourth-order valence-electron chi connectivity index (χ4n) is 2.50. The van der Waals surface area contributed by atoms with Gasteiger partial charge in [-0.3, -0.25) is 18.7 Å². The number of para-hydroxylation sites is 2. The molecule has 3 rings (SSSR count). The number of benzene rings is 2. The van der Waals surface area contributed by atoms with Crippen molar-refractivity contribution < 1.29 is 9.18 Å². The second-order valence-corrected chi connectivity index (χ2v) is 5.28. The maximum absolute atomic E-state index is 13.6. The van der Waals surface area contributed by atoms with Gasteiger partial charge in [0.25, 0.3) is 5.56 Å². The molecule has 0 aliphatic heterocycles. The number of anilines is 1. The molecule has 0 spiro atoms. The van der Waals surface area contributed by atoms with Gasteiger partial charge in [0.2, 0.25) is 5.91 Å². The van der Waals surface area contributed by atoms with Crippen LogP contribution in [0.1, 0.15) is 0 Å². The summed E-state index contributed by atoms with van der Waals surface area (Å²) in [6, 6.07) is 12.3. The summed E-state index contributed by atoms with van der Waals surface area (Å²) in [7, 11) is 1.52. The van der Waals surface area contributed by atoms with Gasteiger partial charge >= 0.3 is 5.69 Å². The van der Waals surface area contributed by atoms with E-state index in [0.717, 1.165) is 4.57 Å². The van der Waals surface area contributed by atoms with Gasteiger partial charge in [0, 0.05) is 7.05 Å². The Hall–Kier alpha value is -3.22. The summed E-state index contributed by atoms with van der Waals surface area (Å²) in [5.74, 6) is -1.25. The Bertz CT molecular complexity index is 1050. The van der Waals surface area contributed by atoms with E-state index in [1.807, 2.05) is 0 Å². The number of carbonyl (C=O) groups excluding carboxylic acids is 1. The van der Waals surface area contributed by atoms with E-state index in [1.165, 1.54) is 29.8 Å². The highest BCUT2D eigenvalue weighted by Gasteiger charge is 2.14. The molecule has 0 aliphatic rings. The fraction of sp³-hybridized carbons (Fsp3) is 0.118. The highest BCUT2D eigenvalue weighted by molar-refractivity contribution is 5.90. The Morgan fingerprint density at radius 2 is 1.75 bits per heavy atom. The van der Waals surface area contributed by atoms with Crippen LogP contribution in [0.25, 0.3) is 10.9 Å². The molecule has 0 aliphatic carbocycles. The molecule has 1 aromatic heterocycles. The van der Waals surface area contributed by atoms with E-state index in [1.54, 1.807) is 30.3 Å². The van der Waals surface area contributed by atoms with Gasteiger partial charge in [0.15, 0.2) is 0 Å². The van der Waals surface area contributed by atoms with Crippen molar-refractivity contribution in [3.63, 3.8) is 0 Å². The summed E-state index contributed by atoms with van der Waals surface area (Å²) in [6.45, 7) is -0.495. The molecule has 0 unspecified atom stereocenters. The number of rotatable bonds is 3. The van der Waals surface area contributed by atoms with Crippen LogP contribution in [-0.2, 0) is 18.4 Å². The van der Waals surface area contributed by atoms with Crippen LogP contribution >= 0.6 is 0 Å². The molecule has 7 heteroatoms. The first-order valence-electron chi connectivity index (χ1n) is 7.22. The molecular formula is C17H14FN3O3. The van der Waals surface area contributed by atoms with Crippen molar-refractivity contribution in [1.82, 2.24) is 9.13 Å². The monoisotopic (exact) mass is 327 g/mol. The molecule has 0 bridgehead atoms. The Balaban J connectivity index is 1.99. The van der Waals surface area contributed by atoms with Gasteiger partial charge in [-0.1, -0.05) is 24.3 Å². The normalized spacial score (nSPS) is 10.8. The first-order chi connectivity index (χ1) is 11.5. The molecule has 3 aromatic rings. The third kappa shape index (κ3) is 2.71. The van der Waals surface area contributed by atoms with Gasteiger partial charge in [-0.2, -0.15) is 0 Å². The number of halogens is 1. The highest BCUT2D eigenvalue weighted by atomic mass is 19.1. The average molecular weight is 327 g/mol. The molecular weight excluding hydrogens is 313 g/mol. The minimum absolute atomic E-state index is 0.00633. The highest BCUT2D eigenvalue weighted by Crippen LogP contribution is 2.12. The quantitative estimate of drug-likeness (QED) is 0.792. The number of hydrogen-bond donors (Lipinski definition) is 1. The summed E-state index contributed by atoms with van der Waals surface area (Å²) in [5.41, 5.74) is -0.689. The molecule has 6 nitrogen and oxygen atoms in total. The van der Waals surface area contributed by atoms with Crippen LogP contribution < -0.4 is 16.6 Å². The topological polar surface area (TPSA) is 73.1 Å². The summed E-state index contributed by atoms with van der Waals surface area (Å²) in [4.78, 5) is 36.9. The van der Waals surface area contributed by atoms with E-state index in [4.69, 9.17) is 0 Å². The van der Waals surface area contributed by atoms with Gasteiger partial charge in [-0.15, -0.1) is 0 Å². The van der Waals surface area contributed by atoms with E-state index < -0.39 is 29.5 Å². The van der Waals surface area contributed by atoms with Gasteiger partial charge < -0.3 is 5.32 Å². The fourth-order valence-corrected chi connectivity index (χ4v) is 2.50. The first kappa shape index (κ1) is 15.7. The predicted octanol–water partition coefficient (Wildman–Crippen LogP) is 1.48. The van der Waals surface area contributed by atoms with Gasteiger partial charge in [-0.05, 0) is 24.3 Å². The average Bonchev–Trinajstić information content (AvgIpc) is 2.59. The first-order valence-corrected chi connectivity index (χ1v) is 7.22. The third-order valence-corrected chi connectivity index (χ3v) is 3.71. The van der Waals surface area contributed by atoms with Gasteiger partial charge in [0.1, 0.15) is 12.4 Å². The van der Waals surface area contributed by atoms with Crippen LogP contribution in [0.2, 0.25) is 0 Å². The number of nitrogens with one attached hydrogen (secondary N) is 1. The molecule has 0 saturated heterocycles. The van der Waals surface area contributed by atoms with Gasteiger partial charge in [0.05, 0.1) is 16.6 Å². The summed E-state index contributed by atoms with van der Waals surface area (Å²) in [5, 5.41) is 2.69. The van der Waals surface area contributed by atoms with E-state index in [-0.39, 0.29) is 5.69 Å². The Morgan fingerprint density at radius 3 is 2.50 bits per heavy atom. The summed E-state index contributed by atoms with van der Waals surface area (Å²) < 4.78 is 15.7. The van der Waals surface area contributed by atoms with Crippen LogP contribution in [0.4, 0.5) is 10.1 Å². The predicted molar refractivity (Wildman–Crippen MR) is 88.5 cm³/mol. The summed E-state index contributed by atoms with van der Waals surface area (Å²) >= 11 is 0. The van der Waals surface area contributed by atoms with Crippen molar-refractivity contribution in [3.8, 4) is 0 Å². The van der Waals surface area contributed by atoms with E-state index in [9.17, 15) is 18.8 Å². The third-order valence-electron chi connectivity index (χ3n) is 3.71. The van der Waals surface area contributed by atoms with Crippen LogP contribution in [0.5, 0.6) is 0 Å². The standard InChI is InChI=1S/C17H14FN3O3/c1-20-14-9-5-2-6-11(14)16(23)21(17(20)24)10-15(22)19-13-8-4-3-7-12(13)18/h2-9H,10H2,1H3,(H,19,22). The summed E-state index contributed by atoms with van der Waals surface area (Å²) in [6.07, 6.45) is 0. The molecule has 1 N–H and O–H groups in total. The Labute approximate surface area is 135 Å². The second-order valence-electron chi connectivity index (χ2n) is 5.28. The molecule has 1 heterocycles. The molecule has 0 saturated carbocycles. The SMILES string of the molecule is Cn1c(=O)n(CC(=O)Nc2ccccc2F)c(=O)c2ccccc21. The smallest absolute Gasteiger partial charge is 0.322 e. The Kier molecular flexibility index (Phi) is 3.99. The number of fused-ring (bicyclic) bond motifs is 1. The van der Waals surface area contributed by atoms with Crippen LogP contribution in [0, 0.1) is 5.82 Å². The molecule has 24 heavy (non-hydrogen) atoms. The lowest BCUT2D eigenvalue weighted by Crippen LogP contribution is -2.41. The van der Waals surface area contributed by atoms with E-state index in [2.05, 4.69) is 5.32 Å². The van der Waals surface area contributed by atoms with Crippen LogP contribution in [0.15, 0.2) is 58.1 Å². The maximum Gasteiger partial charge on any atom is 0.331 e. The van der Waals surface area contributed by atoms with E-state index >= 15 is 0 Å². The molecule has 0 radical (unpaired) electrons. The minimum Gasteiger partial charge on any atom is -0.322 e. The molecule has 0 fully saturated rings. The largest absolute Gasteiger partial charge is 0.331 e. The number of aryl methyl sites for hydroxylation is 1. The maximum atomic E-state index is 13.6. The van der Waals surface area contributed by atoms with Crippen molar-refractivity contribution in [2.75, 3.05) is 5.32 Å². The van der Waals surface area contributed by atoms with Crippen molar-refractivity contribution in [2.24, 2.45) is 7.05 Å². The molecule has 1 amide bonds. The zero-order chi connectivity index (χ0) is 17.3. The lowest BCUT2D eigenvalue weighted by atomic mass is 10.2. The lowest BCUT2D eigenvalue weighted by molar-refractivity contribution is -0.116. The zero-order valence-corrected chi connectivity index (χ0v) is 12.8. The number of nitrogens with zero attached hydrogens (tertiary/aromatic N) is 2. The number of carbonyl (C=O) groups is 1. The molecule has 2 aromatic carbocycles. The van der Waals surface area contributed by atoms with Crippen molar-refractivity contribution in [2.45, 2.75) is 6.54 Å². The van der Waals surface area contributed by atoms with Crippen molar-refractivity contribution >= 4 is 22.5 Å². The van der Waals surface area contributed by atoms with Crippen molar-refractivity contribution in [1.29, 1.82) is 0 Å². The zero-order valence-electron chi connectivity index (χ0n) is 12.8. The second kappa shape index (κ2) is 6.11. The van der Waals surface area contributed by atoms with Crippen molar-refractivity contribution in [3.05, 3.63) is 75.2 Å². The van der Waals surface area contributed by atoms with Gasteiger partial charge in [-0.25, -0.2) is 9.18 Å². The molecule has 0 atom stereocenters. The van der Waals surface area contributed by atoms with Crippen LogP contribution in [0.3, 0.4) is 0 Å². The lowest BCUT2D eigenvalue weighted by Gasteiger charge is -2.11. The van der Waals surface area contributed by atoms with E-state index in [0.29, 0.717) is 10.9 Å². The number of aromatic nitrogens is 2. The number of hydrogen-bond acceptors (Lipinski definition) is 3. The minimum atomic E-state index is -0.658. The number of amides is 1.